The predicted molar refractivity (Wildman–Crippen MR) is 76.9 cm³/mol. The molecule has 2 heteroatoms. The lowest BCUT2D eigenvalue weighted by atomic mass is 9.85. The lowest BCUT2D eigenvalue weighted by Gasteiger charge is -2.20. The summed E-state index contributed by atoms with van der Waals surface area (Å²) in [5.41, 5.74) is 10.2. The van der Waals surface area contributed by atoms with Gasteiger partial charge in [0.15, 0.2) is 0 Å². The number of nitrogens with zero attached hydrogens (tertiary/aromatic N) is 1. The van der Waals surface area contributed by atoms with Gasteiger partial charge in [-0.2, -0.15) is 0 Å². The topological polar surface area (TPSA) is 38.9 Å². The van der Waals surface area contributed by atoms with Crippen molar-refractivity contribution in [1.82, 2.24) is 4.98 Å². The molecule has 1 heterocycles. The second kappa shape index (κ2) is 4.81. The molecule has 2 nitrogen and oxygen atoms in total. The van der Waals surface area contributed by atoms with Crippen LogP contribution in [0, 0.1) is 11.8 Å². The van der Waals surface area contributed by atoms with Crippen LogP contribution in [0.4, 0.5) is 5.69 Å². The molecule has 1 aromatic carbocycles. The monoisotopic (exact) mass is 239 g/mol. The van der Waals surface area contributed by atoms with Gasteiger partial charge in [0.2, 0.25) is 0 Å². The van der Waals surface area contributed by atoms with E-state index in [0.29, 0.717) is 0 Å². The standard InChI is InChI=1S/C16H19N2/c1-16(2,3)10-13-9-14(17)6-7-15(13)12-5-4-8-18-11-12/h4-11H,17H2,1-3H3. The van der Waals surface area contributed by atoms with E-state index in [0.717, 1.165) is 16.8 Å². The van der Waals surface area contributed by atoms with E-state index in [2.05, 4.69) is 44.3 Å². The minimum absolute atomic E-state index is 0.116. The number of benzene rings is 1. The van der Waals surface area contributed by atoms with Crippen LogP contribution < -0.4 is 5.73 Å². The first-order valence-electron chi connectivity index (χ1n) is 6.11. The first-order valence-corrected chi connectivity index (χ1v) is 6.11. The number of nitrogens with two attached hydrogens (primary N) is 1. The van der Waals surface area contributed by atoms with Gasteiger partial charge in [0, 0.05) is 23.6 Å². The van der Waals surface area contributed by atoms with E-state index >= 15 is 0 Å². The summed E-state index contributed by atoms with van der Waals surface area (Å²) >= 11 is 0. The normalized spacial score (nSPS) is 11.5. The van der Waals surface area contributed by atoms with E-state index in [1.165, 1.54) is 5.56 Å². The summed E-state index contributed by atoms with van der Waals surface area (Å²) in [6.07, 6.45) is 5.91. The Hall–Kier alpha value is -1.83. The second-order valence-corrected chi connectivity index (χ2v) is 5.60. The first kappa shape index (κ1) is 12.6. The molecule has 2 aromatic rings. The van der Waals surface area contributed by atoms with E-state index in [9.17, 15) is 0 Å². The quantitative estimate of drug-likeness (QED) is 0.806. The number of hydrogen-bond acceptors (Lipinski definition) is 2. The van der Waals surface area contributed by atoms with Gasteiger partial charge in [-0.15, -0.1) is 0 Å². The average molecular weight is 239 g/mol. The van der Waals surface area contributed by atoms with Gasteiger partial charge in [-0.25, -0.2) is 0 Å². The third kappa shape index (κ3) is 3.10. The maximum atomic E-state index is 5.89. The van der Waals surface area contributed by atoms with E-state index in [4.69, 9.17) is 5.73 Å². The Labute approximate surface area is 109 Å². The van der Waals surface area contributed by atoms with E-state index in [1.807, 2.05) is 24.4 Å². The zero-order valence-electron chi connectivity index (χ0n) is 11.1. The number of anilines is 1. The van der Waals surface area contributed by atoms with Crippen molar-refractivity contribution in [3.63, 3.8) is 0 Å². The summed E-state index contributed by atoms with van der Waals surface area (Å²) in [7, 11) is 0. The van der Waals surface area contributed by atoms with Crippen LogP contribution in [0.1, 0.15) is 26.3 Å². The van der Waals surface area contributed by atoms with Crippen molar-refractivity contribution >= 4 is 5.69 Å². The lowest BCUT2D eigenvalue weighted by Crippen LogP contribution is -2.08. The zero-order valence-corrected chi connectivity index (χ0v) is 11.1. The van der Waals surface area contributed by atoms with Gasteiger partial charge in [0.1, 0.15) is 0 Å². The Kier molecular flexibility index (Phi) is 3.37. The summed E-state index contributed by atoms with van der Waals surface area (Å²) in [6, 6.07) is 10.0. The van der Waals surface area contributed by atoms with E-state index in [1.54, 1.807) is 6.20 Å². The molecule has 0 aliphatic heterocycles. The molecule has 18 heavy (non-hydrogen) atoms. The Morgan fingerprint density at radius 3 is 2.56 bits per heavy atom. The van der Waals surface area contributed by atoms with E-state index < -0.39 is 0 Å². The third-order valence-corrected chi connectivity index (χ3v) is 2.64. The molecule has 0 saturated heterocycles. The molecule has 93 valence electrons. The molecule has 0 unspecified atom stereocenters. The summed E-state index contributed by atoms with van der Waals surface area (Å²) < 4.78 is 0. The highest BCUT2D eigenvalue weighted by molar-refractivity contribution is 5.71. The molecule has 0 aliphatic carbocycles. The number of hydrogen-bond donors (Lipinski definition) is 1. The smallest absolute Gasteiger partial charge is 0.0346 e. The molecular weight excluding hydrogens is 220 g/mol. The Balaban J connectivity index is 2.47. The number of rotatable bonds is 2. The minimum atomic E-state index is 0.116. The first-order chi connectivity index (χ1) is 8.46. The molecule has 0 atom stereocenters. The van der Waals surface area contributed by atoms with Crippen molar-refractivity contribution in [3.05, 3.63) is 54.7 Å². The van der Waals surface area contributed by atoms with Crippen LogP contribution in [0.15, 0.2) is 42.7 Å². The van der Waals surface area contributed by atoms with Crippen molar-refractivity contribution in [2.45, 2.75) is 20.8 Å². The van der Waals surface area contributed by atoms with Gasteiger partial charge in [-0.05, 0) is 41.2 Å². The predicted octanol–water partition coefficient (Wildman–Crippen LogP) is 3.93. The summed E-state index contributed by atoms with van der Waals surface area (Å²) in [6.45, 7) is 6.55. The molecule has 0 saturated carbocycles. The Morgan fingerprint density at radius 2 is 1.94 bits per heavy atom. The van der Waals surface area contributed by atoms with Crippen LogP contribution in [-0.4, -0.2) is 4.98 Å². The molecule has 0 fully saturated rings. The third-order valence-electron chi connectivity index (χ3n) is 2.64. The summed E-state index contributed by atoms with van der Waals surface area (Å²) in [5, 5.41) is 0. The highest BCUT2D eigenvalue weighted by Crippen LogP contribution is 2.32. The number of pyridine rings is 1. The zero-order chi connectivity index (χ0) is 13.2. The summed E-state index contributed by atoms with van der Waals surface area (Å²) in [4.78, 5) is 4.18. The van der Waals surface area contributed by atoms with Gasteiger partial charge in [0.25, 0.3) is 0 Å². The maximum absolute atomic E-state index is 5.89. The maximum Gasteiger partial charge on any atom is 0.0346 e. The van der Waals surface area contributed by atoms with Gasteiger partial charge in [0.05, 0.1) is 0 Å². The Morgan fingerprint density at radius 1 is 1.17 bits per heavy atom. The number of aromatic nitrogens is 1. The highest BCUT2D eigenvalue weighted by atomic mass is 14.6. The average Bonchev–Trinajstić information content (AvgIpc) is 2.28. The molecular formula is C16H19N2. The molecule has 1 radical (unpaired) electrons. The van der Waals surface area contributed by atoms with Crippen LogP contribution in [0.25, 0.3) is 11.1 Å². The second-order valence-electron chi connectivity index (χ2n) is 5.60. The summed E-state index contributed by atoms with van der Waals surface area (Å²) in [5.74, 6) is 0. The van der Waals surface area contributed by atoms with E-state index in [-0.39, 0.29) is 5.41 Å². The van der Waals surface area contributed by atoms with Crippen LogP contribution in [-0.2, 0) is 0 Å². The van der Waals surface area contributed by atoms with Crippen molar-refractivity contribution in [2.24, 2.45) is 5.41 Å². The molecule has 0 aliphatic rings. The largest absolute Gasteiger partial charge is 0.399 e. The van der Waals surface area contributed by atoms with Crippen LogP contribution in [0.5, 0.6) is 0 Å². The SMILES string of the molecule is CC(C)(C)[CH]c1cc(N)ccc1-c1cccnc1. The molecule has 0 amide bonds. The number of nitrogen functional groups attached to an aromatic ring is 1. The van der Waals surface area contributed by atoms with Crippen molar-refractivity contribution in [2.75, 3.05) is 5.73 Å². The molecule has 0 bridgehead atoms. The van der Waals surface area contributed by atoms with Crippen LogP contribution >= 0.6 is 0 Å². The van der Waals surface area contributed by atoms with Gasteiger partial charge < -0.3 is 5.73 Å². The Bertz CT molecular complexity index is 525. The molecule has 0 spiro atoms. The van der Waals surface area contributed by atoms with Crippen molar-refractivity contribution in [3.8, 4) is 11.1 Å². The van der Waals surface area contributed by atoms with Gasteiger partial charge in [-0.1, -0.05) is 32.9 Å². The molecule has 1 aromatic heterocycles. The minimum Gasteiger partial charge on any atom is -0.399 e. The van der Waals surface area contributed by atoms with Crippen LogP contribution in [0.3, 0.4) is 0 Å². The molecule has 2 rings (SSSR count). The fourth-order valence-corrected chi connectivity index (χ4v) is 1.95. The fourth-order valence-electron chi connectivity index (χ4n) is 1.95. The lowest BCUT2D eigenvalue weighted by molar-refractivity contribution is 0.506. The van der Waals surface area contributed by atoms with Crippen molar-refractivity contribution in [1.29, 1.82) is 0 Å². The van der Waals surface area contributed by atoms with Gasteiger partial charge in [-0.3, -0.25) is 4.98 Å². The van der Waals surface area contributed by atoms with Crippen LogP contribution in [0.2, 0.25) is 0 Å². The van der Waals surface area contributed by atoms with Crippen molar-refractivity contribution < 1.29 is 0 Å². The highest BCUT2D eigenvalue weighted by Gasteiger charge is 2.15. The fraction of sp³-hybridized carbons (Fsp3) is 0.250. The molecule has 2 N–H and O–H groups in total. The van der Waals surface area contributed by atoms with Gasteiger partial charge >= 0.3 is 0 Å².